The average molecular weight is 119 g/mol. The number of carboxylic acids is 1. The van der Waals surface area contributed by atoms with Crippen LogP contribution in [0.3, 0.4) is 0 Å². The van der Waals surface area contributed by atoms with E-state index in [0.29, 0.717) is 0 Å². The Morgan fingerprint density at radius 2 is 2.12 bits per heavy atom. The Labute approximate surface area is 48.6 Å². The predicted octanol–water partition coefficient (Wildman–Crippen LogP) is -0.898. The molecule has 0 spiro atoms. The van der Waals surface area contributed by atoms with E-state index in [-0.39, 0.29) is 11.9 Å². The summed E-state index contributed by atoms with van der Waals surface area (Å²) in [5.41, 5.74) is 0. The zero-order chi connectivity index (χ0) is 5.70. The van der Waals surface area contributed by atoms with Crippen molar-refractivity contribution in [3.63, 3.8) is 0 Å². The average Bonchev–Trinajstić information content (AvgIpc) is 1.61. The van der Waals surface area contributed by atoms with Crippen molar-refractivity contribution in [2.24, 2.45) is 0 Å². The number of hydrogen-bond acceptors (Lipinski definition) is 2. The Morgan fingerprint density at radius 1 is 1.62 bits per heavy atom. The van der Waals surface area contributed by atoms with E-state index in [2.05, 4.69) is 0 Å². The van der Waals surface area contributed by atoms with Gasteiger partial charge in [0.1, 0.15) is 0 Å². The number of aliphatic carboxylic acids is 1. The molecule has 0 radical (unpaired) electrons. The third kappa shape index (κ3) is 9.06. The first-order valence-corrected chi connectivity index (χ1v) is 2.47. The van der Waals surface area contributed by atoms with Crippen LogP contribution in [0.15, 0.2) is 0 Å². The normalized spacial score (nSPS) is 7.62. The van der Waals surface area contributed by atoms with Crippen molar-refractivity contribution >= 4 is 5.97 Å². The maximum atomic E-state index is 9.65. The third-order valence-corrected chi connectivity index (χ3v) is 0.734. The molecule has 0 aliphatic carbocycles. The lowest BCUT2D eigenvalue weighted by Gasteiger charge is -1.95. The Morgan fingerprint density at radius 3 is 2.25 bits per heavy atom. The number of hydrogen-bond donors (Lipinski definition) is 0. The van der Waals surface area contributed by atoms with Crippen LogP contribution in [0, 0.1) is 0 Å². The van der Waals surface area contributed by atoms with Crippen molar-refractivity contribution in [1.29, 1.82) is 0 Å². The molecule has 0 aromatic heterocycles. The standard InChI is InChI=1S/C5H10O2.H2O/c1-2-3-4-5(6)7;/h2-4H2,1H3,(H,6,7);1H2/p-1. The lowest BCUT2D eigenvalue weighted by atomic mass is 10.3. The summed E-state index contributed by atoms with van der Waals surface area (Å²) >= 11 is 0. The van der Waals surface area contributed by atoms with Gasteiger partial charge in [0.05, 0.1) is 0 Å². The molecule has 0 amide bonds. The van der Waals surface area contributed by atoms with Crippen molar-refractivity contribution < 1.29 is 15.4 Å². The van der Waals surface area contributed by atoms with Crippen LogP contribution >= 0.6 is 0 Å². The van der Waals surface area contributed by atoms with Gasteiger partial charge < -0.3 is 15.4 Å². The summed E-state index contributed by atoms with van der Waals surface area (Å²) in [4.78, 5) is 9.65. The van der Waals surface area contributed by atoms with E-state index in [9.17, 15) is 9.90 Å². The fourth-order valence-electron chi connectivity index (χ4n) is 0.321. The van der Waals surface area contributed by atoms with Gasteiger partial charge in [-0.3, -0.25) is 0 Å². The van der Waals surface area contributed by atoms with Crippen molar-refractivity contribution in [3.05, 3.63) is 0 Å². The van der Waals surface area contributed by atoms with Gasteiger partial charge in [0.25, 0.3) is 0 Å². The maximum absolute atomic E-state index is 9.65. The van der Waals surface area contributed by atoms with Gasteiger partial charge in [-0.25, -0.2) is 0 Å². The molecule has 0 aromatic carbocycles. The molecule has 50 valence electrons. The smallest absolute Gasteiger partial charge is 0.0414 e. The Balaban J connectivity index is 0. The quantitative estimate of drug-likeness (QED) is 0.483. The highest BCUT2D eigenvalue weighted by Crippen LogP contribution is 1.89. The largest absolute Gasteiger partial charge is 0.550 e. The maximum Gasteiger partial charge on any atom is 0.0414 e. The molecule has 0 heterocycles. The third-order valence-electron chi connectivity index (χ3n) is 0.734. The minimum Gasteiger partial charge on any atom is -0.550 e. The summed E-state index contributed by atoms with van der Waals surface area (Å²) in [7, 11) is 0. The van der Waals surface area contributed by atoms with Gasteiger partial charge in [0.2, 0.25) is 0 Å². The molecule has 0 aliphatic rings. The molecule has 0 aliphatic heterocycles. The fourth-order valence-corrected chi connectivity index (χ4v) is 0.321. The van der Waals surface area contributed by atoms with Crippen LogP contribution in [0.4, 0.5) is 0 Å². The van der Waals surface area contributed by atoms with Crippen molar-refractivity contribution in [2.75, 3.05) is 0 Å². The first kappa shape index (κ1) is 10.4. The van der Waals surface area contributed by atoms with Crippen molar-refractivity contribution in [2.45, 2.75) is 26.2 Å². The Hall–Kier alpha value is -0.570. The summed E-state index contributed by atoms with van der Waals surface area (Å²) in [5.74, 6) is -0.943. The SMILES string of the molecule is CCCCC(=O)[O-].O. The van der Waals surface area contributed by atoms with Crippen LogP contribution in [0.2, 0.25) is 0 Å². The number of rotatable bonds is 3. The van der Waals surface area contributed by atoms with Crippen LogP contribution in [0.5, 0.6) is 0 Å². The highest BCUT2D eigenvalue weighted by molar-refractivity contribution is 5.63. The van der Waals surface area contributed by atoms with Crippen molar-refractivity contribution in [1.82, 2.24) is 0 Å². The molecule has 0 saturated carbocycles. The number of carbonyl (C=O) groups excluding carboxylic acids is 1. The van der Waals surface area contributed by atoms with Gasteiger partial charge in [-0.05, 0) is 12.8 Å². The molecule has 3 nitrogen and oxygen atoms in total. The minimum absolute atomic E-state index is 0. The second-order valence-electron chi connectivity index (χ2n) is 1.48. The second kappa shape index (κ2) is 6.43. The van der Waals surface area contributed by atoms with E-state index in [4.69, 9.17) is 0 Å². The highest BCUT2D eigenvalue weighted by Gasteiger charge is 1.80. The van der Waals surface area contributed by atoms with E-state index >= 15 is 0 Å². The molecule has 0 aromatic rings. The van der Waals surface area contributed by atoms with Gasteiger partial charge in [0.15, 0.2) is 0 Å². The summed E-state index contributed by atoms with van der Waals surface area (Å²) in [5, 5.41) is 9.65. The molecule has 0 fully saturated rings. The molecule has 0 saturated heterocycles. The first-order valence-electron chi connectivity index (χ1n) is 2.47. The van der Waals surface area contributed by atoms with E-state index in [1.807, 2.05) is 6.92 Å². The highest BCUT2D eigenvalue weighted by atomic mass is 16.4. The fraction of sp³-hybridized carbons (Fsp3) is 0.800. The number of carboxylic acid groups (broad SMARTS) is 1. The summed E-state index contributed by atoms with van der Waals surface area (Å²) < 4.78 is 0. The first-order chi connectivity index (χ1) is 3.27. The lowest BCUT2D eigenvalue weighted by molar-refractivity contribution is -0.305. The van der Waals surface area contributed by atoms with Gasteiger partial charge in [-0.15, -0.1) is 0 Å². The van der Waals surface area contributed by atoms with E-state index in [1.54, 1.807) is 0 Å². The molecule has 0 atom stereocenters. The van der Waals surface area contributed by atoms with E-state index < -0.39 is 5.97 Å². The molecule has 0 unspecified atom stereocenters. The Bertz CT molecular complexity index is 60.7. The Kier molecular flexibility index (Phi) is 8.37. The lowest BCUT2D eigenvalue weighted by Crippen LogP contribution is -2.21. The molecule has 0 rings (SSSR count). The molecular formula is C5H11O3-. The minimum atomic E-state index is -0.943. The van der Waals surface area contributed by atoms with Crippen molar-refractivity contribution in [3.8, 4) is 0 Å². The molecule has 8 heavy (non-hydrogen) atoms. The van der Waals surface area contributed by atoms with Crippen LogP contribution in [-0.4, -0.2) is 11.4 Å². The van der Waals surface area contributed by atoms with Crippen LogP contribution in [0.25, 0.3) is 0 Å². The summed E-state index contributed by atoms with van der Waals surface area (Å²) in [6.45, 7) is 1.95. The molecule has 0 bridgehead atoms. The zero-order valence-corrected chi connectivity index (χ0v) is 4.94. The predicted molar refractivity (Wildman–Crippen MR) is 28.1 cm³/mol. The van der Waals surface area contributed by atoms with Crippen LogP contribution in [-0.2, 0) is 4.79 Å². The molecule has 3 heteroatoms. The van der Waals surface area contributed by atoms with E-state index in [0.717, 1.165) is 12.8 Å². The number of carbonyl (C=O) groups is 1. The van der Waals surface area contributed by atoms with Crippen LogP contribution in [0.1, 0.15) is 26.2 Å². The topological polar surface area (TPSA) is 71.6 Å². The second-order valence-corrected chi connectivity index (χ2v) is 1.48. The van der Waals surface area contributed by atoms with E-state index in [1.165, 1.54) is 0 Å². The molecule has 2 N–H and O–H groups in total. The van der Waals surface area contributed by atoms with Gasteiger partial charge >= 0.3 is 0 Å². The van der Waals surface area contributed by atoms with Gasteiger partial charge in [-0.2, -0.15) is 0 Å². The zero-order valence-electron chi connectivity index (χ0n) is 4.94. The summed E-state index contributed by atoms with van der Waals surface area (Å²) in [6.07, 6.45) is 1.87. The monoisotopic (exact) mass is 119 g/mol. The number of unbranched alkanes of at least 4 members (excludes halogenated alkanes) is 1. The van der Waals surface area contributed by atoms with Gasteiger partial charge in [0, 0.05) is 5.97 Å². The van der Waals surface area contributed by atoms with Crippen LogP contribution < -0.4 is 5.11 Å². The summed E-state index contributed by atoms with van der Waals surface area (Å²) in [6, 6.07) is 0. The molecular weight excluding hydrogens is 108 g/mol. The van der Waals surface area contributed by atoms with Gasteiger partial charge in [-0.1, -0.05) is 13.3 Å².